The Morgan fingerprint density at radius 2 is 2.18 bits per heavy atom. The van der Waals surface area contributed by atoms with E-state index in [4.69, 9.17) is 4.74 Å². The normalized spacial score (nSPS) is 11.2. The Hall–Kier alpha value is -1.30. The molecule has 0 unspecified atom stereocenters. The third kappa shape index (κ3) is 3.89. The maximum atomic E-state index is 11.5. The number of hydrogen-bond donors (Lipinski definition) is 0. The smallest absolute Gasteiger partial charge is 0.232 e. The van der Waals surface area contributed by atoms with Gasteiger partial charge in [-0.2, -0.15) is 0 Å². The molecule has 1 aromatic heterocycles. The van der Waals surface area contributed by atoms with Gasteiger partial charge in [0, 0.05) is 19.3 Å². The maximum Gasteiger partial charge on any atom is 0.232 e. The second-order valence-corrected chi connectivity index (χ2v) is 5.79. The van der Waals surface area contributed by atoms with E-state index in [1.807, 2.05) is 0 Å². The molecule has 0 bridgehead atoms. The number of nitrogens with zero attached hydrogens (tertiary/aromatic N) is 2. The summed E-state index contributed by atoms with van der Waals surface area (Å²) in [6.45, 7) is 2.64. The second-order valence-electron chi connectivity index (χ2n) is 3.78. The third-order valence-electron chi connectivity index (χ3n) is 2.35. The van der Waals surface area contributed by atoms with E-state index in [1.54, 1.807) is 12.3 Å². The molecule has 5 nitrogen and oxygen atoms in total. The summed E-state index contributed by atoms with van der Waals surface area (Å²) in [5.41, 5.74) is 0.464. The van der Waals surface area contributed by atoms with Crippen molar-refractivity contribution in [1.82, 2.24) is 4.98 Å². The average molecular weight is 258 g/mol. The highest BCUT2D eigenvalue weighted by molar-refractivity contribution is 7.92. The lowest BCUT2D eigenvalue weighted by Gasteiger charge is -2.19. The SMILES string of the molecule is CCCCOc1ccncc1N(C)S(C)(=O)=O. The number of aromatic nitrogens is 1. The molecule has 0 amide bonds. The minimum atomic E-state index is -3.30. The number of sulfonamides is 1. The maximum absolute atomic E-state index is 11.5. The van der Waals surface area contributed by atoms with Gasteiger partial charge in [0.15, 0.2) is 0 Å². The Morgan fingerprint density at radius 1 is 1.47 bits per heavy atom. The van der Waals surface area contributed by atoms with Crippen LogP contribution in [-0.4, -0.2) is 33.3 Å². The Bertz CT molecular complexity index is 460. The van der Waals surface area contributed by atoms with Crippen LogP contribution >= 0.6 is 0 Å². The van der Waals surface area contributed by atoms with Gasteiger partial charge < -0.3 is 4.74 Å². The van der Waals surface area contributed by atoms with Gasteiger partial charge in [0.2, 0.25) is 10.0 Å². The number of rotatable bonds is 6. The summed E-state index contributed by atoms with van der Waals surface area (Å²) in [6, 6.07) is 1.67. The minimum Gasteiger partial charge on any atom is -0.491 e. The molecule has 0 atom stereocenters. The van der Waals surface area contributed by atoms with Crippen LogP contribution < -0.4 is 9.04 Å². The first kappa shape index (κ1) is 13.8. The average Bonchev–Trinajstić information content (AvgIpc) is 2.28. The largest absolute Gasteiger partial charge is 0.491 e. The summed E-state index contributed by atoms with van der Waals surface area (Å²) in [6.07, 6.45) is 6.19. The van der Waals surface area contributed by atoms with Gasteiger partial charge >= 0.3 is 0 Å². The minimum absolute atomic E-state index is 0.464. The zero-order chi connectivity index (χ0) is 12.9. The van der Waals surface area contributed by atoms with Gasteiger partial charge in [0.25, 0.3) is 0 Å². The lowest BCUT2D eigenvalue weighted by molar-refractivity contribution is 0.310. The van der Waals surface area contributed by atoms with Crippen LogP contribution in [0.2, 0.25) is 0 Å². The van der Waals surface area contributed by atoms with Crippen LogP contribution in [0.3, 0.4) is 0 Å². The molecule has 0 aliphatic carbocycles. The van der Waals surface area contributed by atoms with Gasteiger partial charge in [-0.15, -0.1) is 0 Å². The first-order valence-corrected chi connectivity index (χ1v) is 7.32. The van der Waals surface area contributed by atoms with Crippen molar-refractivity contribution in [3.8, 4) is 5.75 Å². The molecule has 1 heterocycles. The van der Waals surface area contributed by atoms with Gasteiger partial charge in [-0.3, -0.25) is 9.29 Å². The molecule has 0 fully saturated rings. The van der Waals surface area contributed by atoms with E-state index in [9.17, 15) is 8.42 Å². The molecule has 96 valence electrons. The van der Waals surface area contributed by atoms with E-state index >= 15 is 0 Å². The molecular weight excluding hydrogens is 240 g/mol. The summed E-state index contributed by atoms with van der Waals surface area (Å²) < 4.78 is 29.6. The molecule has 0 aliphatic rings. The lowest BCUT2D eigenvalue weighted by Crippen LogP contribution is -2.25. The van der Waals surface area contributed by atoms with Gasteiger partial charge in [-0.05, 0) is 6.42 Å². The molecule has 1 rings (SSSR count). The number of ether oxygens (including phenoxy) is 1. The molecule has 0 aliphatic heterocycles. The van der Waals surface area contributed by atoms with Crippen LogP contribution in [-0.2, 0) is 10.0 Å². The Morgan fingerprint density at radius 3 is 2.76 bits per heavy atom. The molecule has 1 aromatic rings. The summed E-state index contributed by atoms with van der Waals surface area (Å²) in [7, 11) is -1.81. The van der Waals surface area contributed by atoms with E-state index in [0.717, 1.165) is 19.1 Å². The molecule has 0 aromatic carbocycles. The third-order valence-corrected chi connectivity index (χ3v) is 3.55. The van der Waals surface area contributed by atoms with E-state index in [-0.39, 0.29) is 0 Å². The lowest BCUT2D eigenvalue weighted by atomic mass is 10.3. The molecule has 0 N–H and O–H groups in total. The van der Waals surface area contributed by atoms with Crippen LogP contribution in [0, 0.1) is 0 Å². The van der Waals surface area contributed by atoms with Crippen molar-refractivity contribution in [3.05, 3.63) is 18.5 Å². The van der Waals surface area contributed by atoms with Crippen molar-refractivity contribution < 1.29 is 13.2 Å². The van der Waals surface area contributed by atoms with Crippen molar-refractivity contribution in [1.29, 1.82) is 0 Å². The molecule has 6 heteroatoms. The molecule has 0 spiro atoms. The van der Waals surface area contributed by atoms with Crippen molar-refractivity contribution in [2.75, 3.05) is 24.2 Å². The second kappa shape index (κ2) is 5.86. The van der Waals surface area contributed by atoms with Crippen molar-refractivity contribution >= 4 is 15.7 Å². The molecule has 0 radical (unpaired) electrons. The fraction of sp³-hybridized carbons (Fsp3) is 0.545. The number of unbranched alkanes of at least 4 members (excludes halogenated alkanes) is 1. The van der Waals surface area contributed by atoms with Crippen LogP contribution in [0.25, 0.3) is 0 Å². The Balaban J connectivity index is 2.92. The van der Waals surface area contributed by atoms with Crippen LogP contribution in [0.4, 0.5) is 5.69 Å². The highest BCUT2D eigenvalue weighted by Crippen LogP contribution is 2.27. The number of hydrogen-bond acceptors (Lipinski definition) is 4. The molecule has 0 saturated heterocycles. The highest BCUT2D eigenvalue weighted by atomic mass is 32.2. The van der Waals surface area contributed by atoms with Crippen LogP contribution in [0.15, 0.2) is 18.5 Å². The van der Waals surface area contributed by atoms with Crippen molar-refractivity contribution in [2.24, 2.45) is 0 Å². The van der Waals surface area contributed by atoms with Gasteiger partial charge in [0.05, 0.1) is 19.1 Å². The van der Waals surface area contributed by atoms with Gasteiger partial charge in [-0.1, -0.05) is 13.3 Å². The zero-order valence-electron chi connectivity index (χ0n) is 10.4. The van der Waals surface area contributed by atoms with E-state index in [0.29, 0.717) is 18.0 Å². The number of anilines is 1. The first-order valence-electron chi connectivity index (χ1n) is 5.47. The zero-order valence-corrected chi connectivity index (χ0v) is 11.2. The van der Waals surface area contributed by atoms with Gasteiger partial charge in [-0.25, -0.2) is 8.42 Å². The standard InChI is InChI=1S/C11H18N2O3S/c1-4-5-8-16-11-6-7-12-9-10(11)13(2)17(3,14)15/h6-7,9H,4-5,8H2,1-3H3. The Kier molecular flexibility index (Phi) is 4.74. The van der Waals surface area contributed by atoms with Crippen LogP contribution in [0.1, 0.15) is 19.8 Å². The molecular formula is C11H18N2O3S. The molecule has 0 saturated carbocycles. The van der Waals surface area contributed by atoms with Crippen molar-refractivity contribution in [2.45, 2.75) is 19.8 Å². The predicted molar refractivity (Wildman–Crippen MR) is 67.9 cm³/mol. The molecule has 17 heavy (non-hydrogen) atoms. The predicted octanol–water partition coefficient (Wildman–Crippen LogP) is 1.66. The summed E-state index contributed by atoms with van der Waals surface area (Å²) >= 11 is 0. The van der Waals surface area contributed by atoms with Crippen molar-refractivity contribution in [3.63, 3.8) is 0 Å². The number of pyridine rings is 1. The van der Waals surface area contributed by atoms with Crippen LogP contribution in [0.5, 0.6) is 5.75 Å². The fourth-order valence-corrected chi connectivity index (χ4v) is 1.73. The topological polar surface area (TPSA) is 59.5 Å². The van der Waals surface area contributed by atoms with E-state index < -0.39 is 10.0 Å². The van der Waals surface area contributed by atoms with E-state index in [2.05, 4.69) is 11.9 Å². The summed E-state index contributed by atoms with van der Waals surface area (Å²) in [4.78, 5) is 3.92. The highest BCUT2D eigenvalue weighted by Gasteiger charge is 2.16. The quantitative estimate of drug-likeness (QED) is 0.728. The summed E-state index contributed by atoms with van der Waals surface area (Å²) in [5.74, 6) is 0.543. The van der Waals surface area contributed by atoms with Gasteiger partial charge in [0.1, 0.15) is 11.4 Å². The van der Waals surface area contributed by atoms with E-state index in [1.165, 1.54) is 17.5 Å². The fourth-order valence-electron chi connectivity index (χ4n) is 1.24. The first-order chi connectivity index (χ1) is 7.96. The Labute approximate surface area is 102 Å². The monoisotopic (exact) mass is 258 g/mol. The summed E-state index contributed by atoms with van der Waals surface area (Å²) in [5, 5.41) is 0.